The van der Waals surface area contributed by atoms with Crippen LogP contribution in [0.5, 0.6) is 0 Å². The van der Waals surface area contributed by atoms with Crippen LogP contribution in [0.2, 0.25) is 0 Å². The predicted molar refractivity (Wildman–Crippen MR) is 64.4 cm³/mol. The molecule has 1 rings (SSSR count). The van der Waals surface area contributed by atoms with E-state index in [4.69, 9.17) is 4.74 Å². The fraction of sp³-hybridized carbons (Fsp3) is 0.917. The molecule has 0 saturated carbocycles. The molecular formula is C12H24N2O2. The number of amides is 1. The first-order chi connectivity index (χ1) is 7.33. The van der Waals surface area contributed by atoms with E-state index in [1.165, 1.54) is 0 Å². The number of carbonyl (C=O) groups excluding carboxylic acids is 1. The van der Waals surface area contributed by atoms with Crippen LogP contribution >= 0.6 is 0 Å². The largest absolute Gasteiger partial charge is 0.444 e. The lowest BCUT2D eigenvalue weighted by Crippen LogP contribution is -2.50. The van der Waals surface area contributed by atoms with Crippen molar-refractivity contribution in [2.45, 2.75) is 45.8 Å². The Balaban J connectivity index is 2.48. The molecule has 0 aromatic carbocycles. The van der Waals surface area contributed by atoms with Crippen LogP contribution in [0.1, 0.15) is 34.1 Å². The fourth-order valence-corrected chi connectivity index (χ4v) is 2.07. The molecule has 1 saturated heterocycles. The summed E-state index contributed by atoms with van der Waals surface area (Å²) in [5.74, 6) is 0.478. The summed E-state index contributed by atoms with van der Waals surface area (Å²) in [4.78, 5) is 13.6. The number of nitrogens with zero attached hydrogens (tertiary/aromatic N) is 1. The molecule has 0 bridgehead atoms. The van der Waals surface area contributed by atoms with Gasteiger partial charge in [-0.25, -0.2) is 4.79 Å². The highest BCUT2D eigenvalue weighted by atomic mass is 16.6. The molecule has 1 fully saturated rings. The minimum atomic E-state index is -0.403. The molecule has 2 atom stereocenters. The van der Waals surface area contributed by atoms with Gasteiger partial charge in [-0.15, -0.1) is 0 Å². The van der Waals surface area contributed by atoms with Gasteiger partial charge in [0.05, 0.1) is 0 Å². The topological polar surface area (TPSA) is 41.6 Å². The van der Waals surface area contributed by atoms with Gasteiger partial charge >= 0.3 is 6.09 Å². The number of hydrogen-bond acceptors (Lipinski definition) is 3. The highest BCUT2D eigenvalue weighted by Gasteiger charge is 2.30. The van der Waals surface area contributed by atoms with E-state index >= 15 is 0 Å². The third kappa shape index (κ3) is 3.67. The van der Waals surface area contributed by atoms with E-state index in [1.54, 1.807) is 0 Å². The minimum Gasteiger partial charge on any atom is -0.444 e. The monoisotopic (exact) mass is 228 g/mol. The molecule has 0 spiro atoms. The van der Waals surface area contributed by atoms with Crippen molar-refractivity contribution in [3.05, 3.63) is 0 Å². The number of carbonyl (C=O) groups is 1. The first-order valence-electron chi connectivity index (χ1n) is 5.98. The van der Waals surface area contributed by atoms with Gasteiger partial charge in [-0.3, -0.25) is 0 Å². The van der Waals surface area contributed by atoms with Gasteiger partial charge in [-0.05, 0) is 40.2 Å². The molecule has 4 nitrogen and oxygen atoms in total. The number of likely N-dealkylation sites (tertiary alicyclic amines) is 1. The molecule has 1 aliphatic rings. The van der Waals surface area contributed by atoms with E-state index in [2.05, 4.69) is 12.2 Å². The number of nitrogens with one attached hydrogen (secondary N) is 1. The zero-order valence-electron chi connectivity index (χ0n) is 11.0. The molecule has 1 amide bonds. The van der Waals surface area contributed by atoms with Crippen molar-refractivity contribution in [1.29, 1.82) is 0 Å². The maximum absolute atomic E-state index is 11.8. The number of rotatable bonds is 1. The first kappa shape index (κ1) is 13.3. The normalized spacial score (nSPS) is 26.7. The third-order valence-electron chi connectivity index (χ3n) is 2.93. The maximum atomic E-state index is 11.8. The van der Waals surface area contributed by atoms with Crippen molar-refractivity contribution in [2.24, 2.45) is 5.92 Å². The molecule has 1 heterocycles. The molecule has 1 aliphatic heterocycles. The average molecular weight is 228 g/mol. The summed E-state index contributed by atoms with van der Waals surface area (Å²) in [5, 5.41) is 3.28. The van der Waals surface area contributed by atoms with E-state index in [0.717, 1.165) is 19.5 Å². The Bertz CT molecular complexity index is 248. The quantitative estimate of drug-likeness (QED) is 0.744. The number of hydrogen-bond donors (Lipinski definition) is 1. The van der Waals surface area contributed by atoms with Crippen molar-refractivity contribution in [3.63, 3.8) is 0 Å². The van der Waals surface area contributed by atoms with Gasteiger partial charge in [0.1, 0.15) is 5.60 Å². The van der Waals surface area contributed by atoms with Gasteiger partial charge in [0.15, 0.2) is 0 Å². The Morgan fingerprint density at radius 3 is 2.50 bits per heavy atom. The maximum Gasteiger partial charge on any atom is 0.410 e. The highest BCUT2D eigenvalue weighted by molar-refractivity contribution is 5.68. The van der Waals surface area contributed by atoms with Gasteiger partial charge < -0.3 is 15.0 Å². The first-order valence-corrected chi connectivity index (χ1v) is 5.98. The Morgan fingerprint density at radius 2 is 2.06 bits per heavy atom. The van der Waals surface area contributed by atoms with Gasteiger partial charge in [-0.2, -0.15) is 0 Å². The summed E-state index contributed by atoms with van der Waals surface area (Å²) in [6, 6.07) is 0.513. The van der Waals surface area contributed by atoms with Crippen LogP contribution in [0.15, 0.2) is 0 Å². The van der Waals surface area contributed by atoms with Crippen LogP contribution in [-0.2, 0) is 4.74 Å². The molecule has 0 radical (unpaired) electrons. The van der Waals surface area contributed by atoms with Gasteiger partial charge in [0, 0.05) is 19.1 Å². The molecule has 0 unspecified atom stereocenters. The SMILES string of the molecule is CN[C@H]1CCN(C(=O)OC(C)(C)C)C[C@H]1C. The minimum absolute atomic E-state index is 0.186. The lowest BCUT2D eigenvalue weighted by atomic mass is 9.94. The molecule has 0 aliphatic carbocycles. The van der Waals surface area contributed by atoms with Crippen molar-refractivity contribution < 1.29 is 9.53 Å². The lowest BCUT2D eigenvalue weighted by Gasteiger charge is -2.37. The fourth-order valence-electron chi connectivity index (χ4n) is 2.07. The summed E-state index contributed by atoms with van der Waals surface area (Å²) < 4.78 is 5.36. The van der Waals surface area contributed by atoms with E-state index in [9.17, 15) is 4.79 Å². The average Bonchev–Trinajstić information content (AvgIpc) is 2.15. The van der Waals surface area contributed by atoms with Gasteiger partial charge in [0.25, 0.3) is 0 Å². The zero-order chi connectivity index (χ0) is 12.3. The Morgan fingerprint density at radius 1 is 1.44 bits per heavy atom. The van der Waals surface area contributed by atoms with Crippen LogP contribution in [0.25, 0.3) is 0 Å². The molecule has 1 N–H and O–H groups in total. The summed E-state index contributed by atoms with van der Waals surface area (Å²) in [6.07, 6.45) is 0.811. The third-order valence-corrected chi connectivity index (χ3v) is 2.93. The lowest BCUT2D eigenvalue weighted by molar-refractivity contribution is 0.0147. The van der Waals surface area contributed by atoms with Gasteiger partial charge in [-0.1, -0.05) is 6.92 Å². The van der Waals surface area contributed by atoms with E-state index in [1.807, 2.05) is 32.7 Å². The molecule has 4 heteroatoms. The second-order valence-electron chi connectivity index (χ2n) is 5.59. The number of piperidine rings is 1. The highest BCUT2D eigenvalue weighted by Crippen LogP contribution is 2.19. The van der Waals surface area contributed by atoms with Crippen molar-refractivity contribution in [3.8, 4) is 0 Å². The van der Waals surface area contributed by atoms with Crippen molar-refractivity contribution >= 4 is 6.09 Å². The van der Waals surface area contributed by atoms with Crippen LogP contribution < -0.4 is 5.32 Å². The van der Waals surface area contributed by atoms with E-state index in [-0.39, 0.29) is 6.09 Å². The summed E-state index contributed by atoms with van der Waals surface area (Å²) in [6.45, 7) is 9.42. The molecule has 0 aromatic heterocycles. The van der Waals surface area contributed by atoms with Crippen LogP contribution in [0.3, 0.4) is 0 Å². The van der Waals surface area contributed by atoms with Crippen LogP contribution in [-0.4, -0.2) is 42.8 Å². The summed E-state index contributed by atoms with van der Waals surface area (Å²) in [5.41, 5.74) is -0.403. The van der Waals surface area contributed by atoms with Gasteiger partial charge in [0.2, 0.25) is 0 Å². The predicted octanol–water partition coefficient (Wildman–Crippen LogP) is 1.85. The van der Waals surface area contributed by atoms with E-state index in [0.29, 0.717) is 12.0 Å². The second kappa shape index (κ2) is 5.04. The molecular weight excluding hydrogens is 204 g/mol. The Hall–Kier alpha value is -0.770. The zero-order valence-corrected chi connectivity index (χ0v) is 11.0. The summed E-state index contributed by atoms with van der Waals surface area (Å²) >= 11 is 0. The van der Waals surface area contributed by atoms with Crippen LogP contribution in [0, 0.1) is 5.92 Å². The molecule has 16 heavy (non-hydrogen) atoms. The van der Waals surface area contributed by atoms with E-state index < -0.39 is 5.60 Å². The standard InChI is InChI=1S/C12H24N2O2/c1-9-8-14(7-6-10(9)13-5)11(15)16-12(2,3)4/h9-10,13H,6-8H2,1-5H3/t9-,10+/m1/s1. The molecule has 94 valence electrons. The smallest absolute Gasteiger partial charge is 0.410 e. The summed E-state index contributed by atoms with van der Waals surface area (Å²) in [7, 11) is 1.98. The van der Waals surface area contributed by atoms with Crippen LogP contribution in [0.4, 0.5) is 4.79 Å². The van der Waals surface area contributed by atoms with Crippen molar-refractivity contribution in [1.82, 2.24) is 10.2 Å². The Labute approximate surface area is 98.3 Å². The Kier molecular flexibility index (Phi) is 4.19. The van der Waals surface area contributed by atoms with Crippen molar-refractivity contribution in [2.75, 3.05) is 20.1 Å². The molecule has 0 aromatic rings. The number of ether oxygens (including phenoxy) is 1. The second-order valence-corrected chi connectivity index (χ2v) is 5.59.